The molecule has 34 heavy (non-hydrogen) atoms. The Balaban J connectivity index is 3.43. The van der Waals surface area contributed by atoms with Gasteiger partial charge in [-0.3, -0.25) is 0 Å². The molecule has 0 fully saturated rings. The maximum absolute atomic E-state index is 2.53. The third-order valence-electron chi connectivity index (χ3n) is 8.65. The van der Waals surface area contributed by atoms with Gasteiger partial charge in [-0.2, -0.15) is 0 Å². The van der Waals surface area contributed by atoms with E-state index in [1.165, 1.54) is 167 Å². The second kappa shape index (κ2) is 27.6. The van der Waals surface area contributed by atoms with E-state index >= 15 is 0 Å². The van der Waals surface area contributed by atoms with Gasteiger partial charge in [0.2, 0.25) is 0 Å². The molecule has 0 aromatic carbocycles. The van der Waals surface area contributed by atoms with E-state index in [-0.39, 0.29) is 0 Å². The second-order valence-electron chi connectivity index (χ2n) is 12.3. The first kappa shape index (κ1) is 34.0. The van der Waals surface area contributed by atoms with Gasteiger partial charge in [-0.05, 0) is 17.8 Å². The summed E-state index contributed by atoms with van der Waals surface area (Å²) < 4.78 is 0. The van der Waals surface area contributed by atoms with Gasteiger partial charge in [0.15, 0.2) is 0 Å². The number of rotatable bonds is 28. The van der Waals surface area contributed by atoms with E-state index in [0.717, 1.165) is 17.8 Å². The molecule has 0 heteroatoms. The lowest BCUT2D eigenvalue weighted by molar-refractivity contribution is 0.301. The average Bonchev–Trinajstić information content (AvgIpc) is 2.84. The third kappa shape index (κ3) is 25.1. The maximum atomic E-state index is 2.53. The van der Waals surface area contributed by atoms with Crippen molar-refractivity contribution in [3.8, 4) is 0 Å². The van der Waals surface area contributed by atoms with Gasteiger partial charge in [0, 0.05) is 0 Å². The highest BCUT2D eigenvalue weighted by Crippen LogP contribution is 2.26. The molecule has 0 radical (unpaired) electrons. The number of unbranched alkanes of at least 4 members (excludes halogenated alkanes) is 20. The zero-order valence-corrected chi connectivity index (χ0v) is 25.1. The van der Waals surface area contributed by atoms with Crippen molar-refractivity contribution in [3.05, 3.63) is 0 Å². The minimum Gasteiger partial charge on any atom is -0.0654 e. The summed E-state index contributed by atoms with van der Waals surface area (Å²) >= 11 is 0. The molecule has 0 heterocycles. The normalized spacial score (nSPS) is 14.4. The summed E-state index contributed by atoms with van der Waals surface area (Å²) in [6.07, 6.45) is 38.0. The Labute approximate surface area is 219 Å². The molecule has 0 amide bonds. The minimum atomic E-state index is 0.919. The predicted molar refractivity (Wildman–Crippen MR) is 159 cm³/mol. The molecule has 0 nitrogen and oxygen atoms in total. The molecular formula is C34H70. The molecule has 0 saturated carbocycles. The quantitative estimate of drug-likeness (QED) is 0.0980. The van der Waals surface area contributed by atoms with Crippen molar-refractivity contribution in [2.24, 2.45) is 17.8 Å². The summed E-state index contributed by atoms with van der Waals surface area (Å²) in [5.74, 6) is 2.78. The Morgan fingerprint density at radius 2 is 0.588 bits per heavy atom. The van der Waals surface area contributed by atoms with Crippen LogP contribution in [0.3, 0.4) is 0 Å². The fraction of sp³-hybridized carbons (Fsp3) is 1.00. The summed E-state index contributed by atoms with van der Waals surface area (Å²) in [7, 11) is 0. The first-order chi connectivity index (χ1) is 16.6. The first-order valence-corrected chi connectivity index (χ1v) is 16.6. The second-order valence-corrected chi connectivity index (χ2v) is 12.3. The van der Waals surface area contributed by atoms with Crippen LogP contribution in [0.15, 0.2) is 0 Å². The predicted octanol–water partition coefficient (Wildman–Crippen LogP) is 13.1. The largest absolute Gasteiger partial charge is 0.0654 e. The standard InChI is InChI=1S/C34H70/c1-6-8-10-12-14-16-18-20-22-24-26-28-32(3)30-31-34(5)33(4)29-27-25-23-21-19-17-15-13-11-9-7-2/h32-34H,6-31H2,1-5H3. The highest BCUT2D eigenvalue weighted by atomic mass is 14.2. The Bertz CT molecular complexity index is 359. The van der Waals surface area contributed by atoms with Crippen LogP contribution in [0, 0.1) is 17.8 Å². The van der Waals surface area contributed by atoms with Crippen LogP contribution < -0.4 is 0 Å². The van der Waals surface area contributed by atoms with E-state index in [1.807, 2.05) is 0 Å². The Hall–Kier alpha value is 0. The molecule has 0 saturated heterocycles. The molecule has 0 aliphatic carbocycles. The van der Waals surface area contributed by atoms with Crippen molar-refractivity contribution in [3.63, 3.8) is 0 Å². The summed E-state index contributed by atoms with van der Waals surface area (Å²) in [4.78, 5) is 0. The fourth-order valence-corrected chi connectivity index (χ4v) is 5.55. The molecule has 0 spiro atoms. The molecule has 0 aliphatic rings. The lowest BCUT2D eigenvalue weighted by Gasteiger charge is -2.21. The van der Waals surface area contributed by atoms with Crippen molar-refractivity contribution in [1.82, 2.24) is 0 Å². The van der Waals surface area contributed by atoms with Crippen LogP contribution >= 0.6 is 0 Å². The molecule has 0 rings (SSSR count). The molecule has 0 aliphatic heterocycles. The zero-order valence-electron chi connectivity index (χ0n) is 25.1. The zero-order chi connectivity index (χ0) is 25.1. The van der Waals surface area contributed by atoms with Gasteiger partial charge in [-0.1, -0.05) is 202 Å². The van der Waals surface area contributed by atoms with Gasteiger partial charge in [-0.15, -0.1) is 0 Å². The van der Waals surface area contributed by atoms with Crippen molar-refractivity contribution in [2.45, 2.75) is 202 Å². The maximum Gasteiger partial charge on any atom is -0.0417 e. The Morgan fingerprint density at radius 3 is 0.971 bits per heavy atom. The van der Waals surface area contributed by atoms with E-state index in [0.29, 0.717) is 0 Å². The highest BCUT2D eigenvalue weighted by Gasteiger charge is 2.13. The van der Waals surface area contributed by atoms with Crippen LogP contribution in [0.1, 0.15) is 202 Å². The molecule has 0 bridgehead atoms. The highest BCUT2D eigenvalue weighted by molar-refractivity contribution is 4.65. The van der Waals surface area contributed by atoms with Crippen LogP contribution in [0.4, 0.5) is 0 Å². The number of hydrogen-bond donors (Lipinski definition) is 0. The van der Waals surface area contributed by atoms with Crippen LogP contribution in [-0.2, 0) is 0 Å². The first-order valence-electron chi connectivity index (χ1n) is 16.6. The Kier molecular flexibility index (Phi) is 27.6. The molecule has 3 atom stereocenters. The van der Waals surface area contributed by atoms with Gasteiger partial charge in [0.25, 0.3) is 0 Å². The summed E-state index contributed by atoms with van der Waals surface area (Å²) in [5, 5.41) is 0. The fourth-order valence-electron chi connectivity index (χ4n) is 5.55. The van der Waals surface area contributed by atoms with Crippen LogP contribution in [-0.4, -0.2) is 0 Å². The molecular weight excluding hydrogens is 408 g/mol. The van der Waals surface area contributed by atoms with Crippen molar-refractivity contribution in [2.75, 3.05) is 0 Å². The van der Waals surface area contributed by atoms with Gasteiger partial charge in [0.05, 0.1) is 0 Å². The monoisotopic (exact) mass is 479 g/mol. The van der Waals surface area contributed by atoms with Crippen molar-refractivity contribution >= 4 is 0 Å². The SMILES string of the molecule is CCCCCCCCCCCCCC(C)CCC(C)C(C)CCCCCCCCCCCCC. The molecule has 3 unspecified atom stereocenters. The third-order valence-corrected chi connectivity index (χ3v) is 8.65. The summed E-state index contributed by atoms with van der Waals surface area (Å²) in [6.45, 7) is 12.2. The summed E-state index contributed by atoms with van der Waals surface area (Å²) in [5.41, 5.74) is 0. The van der Waals surface area contributed by atoms with E-state index in [4.69, 9.17) is 0 Å². The van der Waals surface area contributed by atoms with Gasteiger partial charge < -0.3 is 0 Å². The molecule has 206 valence electrons. The van der Waals surface area contributed by atoms with E-state index in [9.17, 15) is 0 Å². The van der Waals surface area contributed by atoms with Gasteiger partial charge in [0.1, 0.15) is 0 Å². The van der Waals surface area contributed by atoms with E-state index in [1.54, 1.807) is 0 Å². The molecule has 0 aromatic rings. The average molecular weight is 479 g/mol. The lowest BCUT2D eigenvalue weighted by Crippen LogP contribution is -2.10. The Morgan fingerprint density at radius 1 is 0.294 bits per heavy atom. The topological polar surface area (TPSA) is 0 Å². The van der Waals surface area contributed by atoms with E-state index in [2.05, 4.69) is 34.6 Å². The molecule has 0 aromatic heterocycles. The lowest BCUT2D eigenvalue weighted by atomic mass is 9.84. The summed E-state index contributed by atoms with van der Waals surface area (Å²) in [6, 6.07) is 0. The van der Waals surface area contributed by atoms with Crippen LogP contribution in [0.25, 0.3) is 0 Å². The van der Waals surface area contributed by atoms with Crippen molar-refractivity contribution < 1.29 is 0 Å². The van der Waals surface area contributed by atoms with Crippen LogP contribution in [0.5, 0.6) is 0 Å². The minimum absolute atomic E-state index is 0.919. The van der Waals surface area contributed by atoms with E-state index < -0.39 is 0 Å². The molecule has 0 N–H and O–H groups in total. The van der Waals surface area contributed by atoms with Gasteiger partial charge in [-0.25, -0.2) is 0 Å². The number of hydrogen-bond acceptors (Lipinski definition) is 0. The van der Waals surface area contributed by atoms with Crippen molar-refractivity contribution in [1.29, 1.82) is 0 Å². The van der Waals surface area contributed by atoms with Crippen LogP contribution in [0.2, 0.25) is 0 Å². The smallest absolute Gasteiger partial charge is 0.0417 e. The van der Waals surface area contributed by atoms with Gasteiger partial charge >= 0.3 is 0 Å².